The molecule has 0 bridgehead atoms. The average Bonchev–Trinajstić information content (AvgIpc) is 2.97. The molecular weight excluding hydrogens is 266 g/mol. The van der Waals surface area contributed by atoms with Crippen LogP contribution in [0.5, 0.6) is 0 Å². The molecule has 2 aromatic heterocycles. The minimum absolute atomic E-state index is 0.153. The minimum Gasteiger partial charge on any atom is -0.393 e. The Morgan fingerprint density at radius 2 is 2.24 bits per heavy atom. The highest BCUT2D eigenvalue weighted by Crippen LogP contribution is 2.36. The van der Waals surface area contributed by atoms with Gasteiger partial charge in [-0.3, -0.25) is 4.68 Å². The molecule has 21 heavy (non-hydrogen) atoms. The van der Waals surface area contributed by atoms with E-state index in [-0.39, 0.29) is 6.10 Å². The van der Waals surface area contributed by atoms with E-state index in [1.807, 2.05) is 30.1 Å². The Kier molecular flexibility index (Phi) is 4.15. The molecule has 0 aromatic carbocycles. The van der Waals surface area contributed by atoms with Crippen LogP contribution in [0.3, 0.4) is 0 Å². The largest absolute Gasteiger partial charge is 0.393 e. The first-order valence-corrected chi connectivity index (χ1v) is 7.41. The Labute approximate surface area is 124 Å². The number of hydrogen-bond donors (Lipinski definition) is 1. The average molecular weight is 287 g/mol. The second kappa shape index (κ2) is 6.22. The first-order valence-electron chi connectivity index (χ1n) is 7.41. The molecule has 0 radical (unpaired) electrons. The number of anilines is 1. The highest BCUT2D eigenvalue weighted by atomic mass is 16.3. The number of aliphatic hydroxyl groups is 1. The summed E-state index contributed by atoms with van der Waals surface area (Å²) < 4.78 is 1.94. The van der Waals surface area contributed by atoms with Crippen LogP contribution in [-0.2, 0) is 6.54 Å². The van der Waals surface area contributed by atoms with Gasteiger partial charge < -0.3 is 10.0 Å². The van der Waals surface area contributed by atoms with Crippen molar-refractivity contribution < 1.29 is 5.11 Å². The molecule has 112 valence electrons. The van der Waals surface area contributed by atoms with Gasteiger partial charge in [-0.25, -0.2) is 9.97 Å². The summed E-state index contributed by atoms with van der Waals surface area (Å²) in [5.74, 6) is 1.33. The van der Waals surface area contributed by atoms with Gasteiger partial charge in [-0.05, 0) is 25.3 Å². The molecular formula is C15H21N5O. The fourth-order valence-electron chi connectivity index (χ4n) is 2.64. The lowest BCUT2D eigenvalue weighted by atomic mass is 9.80. The van der Waals surface area contributed by atoms with Crippen molar-refractivity contribution in [1.82, 2.24) is 19.7 Å². The van der Waals surface area contributed by atoms with Gasteiger partial charge >= 0.3 is 0 Å². The first-order chi connectivity index (χ1) is 10.2. The van der Waals surface area contributed by atoms with Crippen LogP contribution < -0.4 is 4.90 Å². The van der Waals surface area contributed by atoms with Gasteiger partial charge in [0.15, 0.2) is 0 Å². The number of aryl methyl sites for hydroxylation is 1. The number of hydrogen-bond acceptors (Lipinski definition) is 5. The van der Waals surface area contributed by atoms with E-state index in [2.05, 4.69) is 20.0 Å². The second-order valence-electron chi connectivity index (χ2n) is 5.67. The molecule has 1 fully saturated rings. The predicted molar refractivity (Wildman–Crippen MR) is 80.1 cm³/mol. The summed E-state index contributed by atoms with van der Waals surface area (Å²) in [6.45, 7) is 1.83. The normalized spacial score (nSPS) is 21.0. The van der Waals surface area contributed by atoms with Gasteiger partial charge in [0.1, 0.15) is 12.1 Å². The fraction of sp³-hybridized carbons (Fsp3) is 0.533. The SMILES string of the molecule is CN(CCCn1cccn1)c1cc(C2CC(O)C2)ncn1. The Morgan fingerprint density at radius 3 is 2.95 bits per heavy atom. The zero-order chi connectivity index (χ0) is 14.7. The smallest absolute Gasteiger partial charge is 0.131 e. The minimum atomic E-state index is -0.153. The summed E-state index contributed by atoms with van der Waals surface area (Å²) in [5.41, 5.74) is 1.05. The van der Waals surface area contributed by atoms with Gasteiger partial charge in [0.2, 0.25) is 0 Å². The maximum Gasteiger partial charge on any atom is 0.131 e. The van der Waals surface area contributed by atoms with E-state index in [9.17, 15) is 5.11 Å². The van der Waals surface area contributed by atoms with Crippen molar-refractivity contribution in [3.8, 4) is 0 Å². The molecule has 2 aromatic rings. The van der Waals surface area contributed by atoms with Crippen LogP contribution in [0.2, 0.25) is 0 Å². The quantitative estimate of drug-likeness (QED) is 0.870. The molecule has 0 spiro atoms. The van der Waals surface area contributed by atoms with Crippen LogP contribution in [0, 0.1) is 0 Å². The Bertz CT molecular complexity index is 565. The number of aliphatic hydroxyl groups excluding tert-OH is 1. The molecule has 1 saturated carbocycles. The topological polar surface area (TPSA) is 67.1 Å². The summed E-state index contributed by atoms with van der Waals surface area (Å²) >= 11 is 0. The van der Waals surface area contributed by atoms with Crippen LogP contribution in [0.25, 0.3) is 0 Å². The van der Waals surface area contributed by atoms with Crippen LogP contribution >= 0.6 is 0 Å². The number of nitrogens with zero attached hydrogens (tertiary/aromatic N) is 5. The highest BCUT2D eigenvalue weighted by Gasteiger charge is 2.29. The summed E-state index contributed by atoms with van der Waals surface area (Å²) in [5, 5.41) is 13.6. The second-order valence-corrected chi connectivity index (χ2v) is 5.67. The third-order valence-corrected chi connectivity index (χ3v) is 4.04. The lowest BCUT2D eigenvalue weighted by molar-refractivity contribution is 0.0732. The van der Waals surface area contributed by atoms with Crippen molar-refractivity contribution in [2.75, 3.05) is 18.5 Å². The summed E-state index contributed by atoms with van der Waals surface area (Å²) in [6.07, 6.45) is 7.90. The molecule has 0 saturated heterocycles. The molecule has 1 N–H and O–H groups in total. The number of aromatic nitrogens is 4. The van der Waals surface area contributed by atoms with E-state index in [0.29, 0.717) is 5.92 Å². The molecule has 6 nitrogen and oxygen atoms in total. The van der Waals surface area contributed by atoms with Crippen LogP contribution in [0.4, 0.5) is 5.82 Å². The van der Waals surface area contributed by atoms with E-state index in [1.54, 1.807) is 12.5 Å². The molecule has 0 amide bonds. The molecule has 2 heterocycles. The van der Waals surface area contributed by atoms with E-state index < -0.39 is 0 Å². The van der Waals surface area contributed by atoms with Crippen LogP contribution in [-0.4, -0.2) is 44.6 Å². The van der Waals surface area contributed by atoms with E-state index >= 15 is 0 Å². The van der Waals surface area contributed by atoms with E-state index in [0.717, 1.165) is 43.9 Å². The maximum absolute atomic E-state index is 9.40. The number of rotatable bonds is 6. The Morgan fingerprint density at radius 1 is 1.38 bits per heavy atom. The van der Waals surface area contributed by atoms with Gasteiger partial charge in [-0.1, -0.05) is 0 Å². The molecule has 0 aliphatic heterocycles. The monoisotopic (exact) mass is 287 g/mol. The van der Waals surface area contributed by atoms with Gasteiger partial charge in [-0.2, -0.15) is 5.10 Å². The van der Waals surface area contributed by atoms with Crippen molar-refractivity contribution in [1.29, 1.82) is 0 Å². The third kappa shape index (κ3) is 3.39. The first kappa shape index (κ1) is 14.0. The maximum atomic E-state index is 9.40. The van der Waals surface area contributed by atoms with Crippen LogP contribution in [0.15, 0.2) is 30.9 Å². The molecule has 0 atom stereocenters. The highest BCUT2D eigenvalue weighted by molar-refractivity contribution is 5.39. The zero-order valence-electron chi connectivity index (χ0n) is 12.3. The summed E-state index contributed by atoms with van der Waals surface area (Å²) in [6, 6.07) is 3.98. The molecule has 0 unspecified atom stereocenters. The van der Waals surface area contributed by atoms with Crippen molar-refractivity contribution >= 4 is 5.82 Å². The van der Waals surface area contributed by atoms with Gasteiger partial charge in [0.25, 0.3) is 0 Å². The van der Waals surface area contributed by atoms with Gasteiger partial charge in [0, 0.05) is 50.2 Å². The van der Waals surface area contributed by atoms with Crippen molar-refractivity contribution in [2.45, 2.75) is 37.8 Å². The van der Waals surface area contributed by atoms with Crippen molar-refractivity contribution in [3.63, 3.8) is 0 Å². The lowest BCUT2D eigenvalue weighted by Gasteiger charge is -2.31. The van der Waals surface area contributed by atoms with Gasteiger partial charge in [-0.15, -0.1) is 0 Å². The molecule has 1 aliphatic rings. The molecule has 6 heteroatoms. The zero-order valence-corrected chi connectivity index (χ0v) is 12.3. The third-order valence-electron chi connectivity index (χ3n) is 4.04. The van der Waals surface area contributed by atoms with E-state index in [4.69, 9.17) is 0 Å². The Hall–Kier alpha value is -1.95. The van der Waals surface area contributed by atoms with Gasteiger partial charge in [0.05, 0.1) is 6.10 Å². The standard InChI is InChI=1S/C15H21N5O/c1-19(5-3-7-20-6-2-4-18-20)15-10-14(16-11-17-15)12-8-13(21)9-12/h2,4,6,10-13,21H,3,5,7-9H2,1H3. The van der Waals surface area contributed by atoms with E-state index in [1.165, 1.54) is 0 Å². The van der Waals surface area contributed by atoms with Crippen molar-refractivity contribution in [2.24, 2.45) is 0 Å². The predicted octanol–water partition coefficient (Wildman–Crippen LogP) is 1.44. The van der Waals surface area contributed by atoms with Crippen molar-refractivity contribution in [3.05, 3.63) is 36.5 Å². The summed E-state index contributed by atoms with van der Waals surface area (Å²) in [7, 11) is 2.05. The molecule has 3 rings (SSSR count). The molecule has 1 aliphatic carbocycles. The summed E-state index contributed by atoms with van der Waals surface area (Å²) in [4.78, 5) is 10.8. The Balaban J connectivity index is 1.54. The lowest BCUT2D eigenvalue weighted by Crippen LogP contribution is -2.28. The van der Waals surface area contributed by atoms with Crippen LogP contribution in [0.1, 0.15) is 30.9 Å². The fourth-order valence-corrected chi connectivity index (χ4v) is 2.64.